The first-order valence-electron chi connectivity index (χ1n) is 7.78. The molecule has 1 aliphatic heterocycles. The molecule has 1 fully saturated rings. The molecule has 0 aliphatic carbocycles. The van der Waals surface area contributed by atoms with E-state index in [0.29, 0.717) is 6.42 Å². The van der Waals surface area contributed by atoms with E-state index in [0.717, 1.165) is 25.7 Å². The smallest absolute Gasteiger partial charge is 0.338 e. The molecule has 0 N–H and O–H groups in total. The number of carbonyl (C=O) groups excluding carboxylic acids is 2. The van der Waals surface area contributed by atoms with E-state index in [4.69, 9.17) is 18.9 Å². The average Bonchev–Trinajstić information content (AvgIpc) is 2.88. The molecule has 0 unspecified atom stereocenters. The minimum absolute atomic E-state index is 0.232. The van der Waals surface area contributed by atoms with Crippen LogP contribution in [-0.4, -0.2) is 43.7 Å². The Balaban J connectivity index is 2.56. The van der Waals surface area contributed by atoms with Crippen molar-refractivity contribution < 1.29 is 28.5 Å². The van der Waals surface area contributed by atoms with E-state index in [1.165, 1.54) is 0 Å². The molecule has 6 heteroatoms. The van der Waals surface area contributed by atoms with Gasteiger partial charge in [0, 0.05) is 0 Å². The van der Waals surface area contributed by atoms with E-state index in [9.17, 15) is 9.59 Å². The maximum atomic E-state index is 11.9. The van der Waals surface area contributed by atoms with Crippen LogP contribution in [-0.2, 0) is 28.5 Å². The summed E-state index contributed by atoms with van der Waals surface area (Å²) in [5.74, 6) is -1.15. The van der Waals surface area contributed by atoms with Crippen molar-refractivity contribution in [2.24, 2.45) is 0 Å². The van der Waals surface area contributed by atoms with Crippen molar-refractivity contribution in [1.82, 2.24) is 0 Å². The van der Waals surface area contributed by atoms with Gasteiger partial charge in [0.2, 0.25) is 0 Å². The molecule has 21 heavy (non-hydrogen) atoms. The largest absolute Gasteiger partial charge is 0.464 e. The van der Waals surface area contributed by atoms with Crippen LogP contribution in [0.1, 0.15) is 52.9 Å². The lowest BCUT2D eigenvalue weighted by molar-refractivity contribution is -0.163. The van der Waals surface area contributed by atoms with Crippen molar-refractivity contribution in [3.8, 4) is 0 Å². The molecule has 0 spiro atoms. The highest BCUT2D eigenvalue weighted by Crippen LogP contribution is 2.25. The molecule has 2 atom stereocenters. The number of esters is 2. The summed E-state index contributed by atoms with van der Waals surface area (Å²) in [5, 5.41) is 0. The lowest BCUT2D eigenvalue weighted by Crippen LogP contribution is -2.39. The van der Waals surface area contributed by atoms with Crippen LogP contribution in [0.3, 0.4) is 0 Å². The molecule has 0 radical (unpaired) electrons. The molecule has 0 aromatic heterocycles. The minimum atomic E-state index is -1.03. The number of hydrogen-bond acceptors (Lipinski definition) is 6. The van der Waals surface area contributed by atoms with Gasteiger partial charge in [-0.3, -0.25) is 0 Å². The Labute approximate surface area is 126 Å². The summed E-state index contributed by atoms with van der Waals surface area (Å²) in [4.78, 5) is 23.7. The van der Waals surface area contributed by atoms with E-state index in [2.05, 4.69) is 6.92 Å². The number of carbonyl (C=O) groups is 2. The standard InChI is InChI=1S/C15H26O6/c1-4-7-8-9-10-11-20-12(14(16)18-5-2)13(21-11)15(17)19-6-3/h11-13H,4-10H2,1-3H3/t12-,13-/m0/s1. The molecule has 1 rings (SSSR count). The molecule has 1 saturated heterocycles. The molecule has 0 amide bonds. The first-order chi connectivity index (χ1) is 10.1. The maximum Gasteiger partial charge on any atom is 0.338 e. The topological polar surface area (TPSA) is 71.1 Å². The summed E-state index contributed by atoms with van der Waals surface area (Å²) in [5.41, 5.74) is 0. The Hall–Kier alpha value is -1.14. The predicted octanol–water partition coefficient (Wildman–Crippen LogP) is 2.19. The van der Waals surface area contributed by atoms with Crippen LogP contribution in [0.5, 0.6) is 0 Å². The highest BCUT2D eigenvalue weighted by Gasteiger charge is 2.46. The summed E-state index contributed by atoms with van der Waals surface area (Å²) in [7, 11) is 0. The molecular weight excluding hydrogens is 276 g/mol. The zero-order valence-electron chi connectivity index (χ0n) is 13.1. The van der Waals surface area contributed by atoms with Crippen LogP contribution in [0.4, 0.5) is 0 Å². The van der Waals surface area contributed by atoms with Crippen LogP contribution in [0.15, 0.2) is 0 Å². The van der Waals surface area contributed by atoms with Gasteiger partial charge in [0.1, 0.15) is 0 Å². The molecular formula is C15H26O6. The van der Waals surface area contributed by atoms with Gasteiger partial charge in [0.15, 0.2) is 18.5 Å². The lowest BCUT2D eigenvalue weighted by Gasteiger charge is -2.13. The third-order valence-electron chi connectivity index (χ3n) is 3.20. The molecule has 122 valence electrons. The number of rotatable bonds is 9. The van der Waals surface area contributed by atoms with Crippen molar-refractivity contribution in [3.05, 3.63) is 0 Å². The summed E-state index contributed by atoms with van der Waals surface area (Å²) >= 11 is 0. The fourth-order valence-corrected chi connectivity index (χ4v) is 2.18. The van der Waals surface area contributed by atoms with Gasteiger partial charge >= 0.3 is 11.9 Å². The average molecular weight is 302 g/mol. The van der Waals surface area contributed by atoms with Crippen molar-refractivity contribution in [3.63, 3.8) is 0 Å². The van der Waals surface area contributed by atoms with Crippen molar-refractivity contribution in [2.75, 3.05) is 13.2 Å². The van der Waals surface area contributed by atoms with Gasteiger partial charge in [-0.25, -0.2) is 9.59 Å². The zero-order chi connectivity index (χ0) is 15.7. The van der Waals surface area contributed by atoms with Crippen LogP contribution < -0.4 is 0 Å². The molecule has 6 nitrogen and oxygen atoms in total. The Morgan fingerprint density at radius 1 is 0.857 bits per heavy atom. The molecule has 0 aromatic rings. The van der Waals surface area contributed by atoms with Crippen LogP contribution >= 0.6 is 0 Å². The quantitative estimate of drug-likeness (QED) is 0.480. The normalized spacial score (nSPS) is 22.2. The summed E-state index contributed by atoms with van der Waals surface area (Å²) in [6, 6.07) is 0. The van der Waals surface area contributed by atoms with Gasteiger partial charge in [-0.15, -0.1) is 0 Å². The zero-order valence-corrected chi connectivity index (χ0v) is 13.1. The van der Waals surface area contributed by atoms with E-state index in [1.54, 1.807) is 13.8 Å². The number of unbranched alkanes of at least 4 members (excludes halogenated alkanes) is 3. The van der Waals surface area contributed by atoms with Gasteiger partial charge in [0.25, 0.3) is 0 Å². The van der Waals surface area contributed by atoms with Crippen molar-refractivity contribution in [1.29, 1.82) is 0 Å². The number of ether oxygens (including phenoxy) is 4. The Kier molecular flexibility index (Phi) is 8.30. The summed E-state index contributed by atoms with van der Waals surface area (Å²) in [6.07, 6.45) is 2.35. The molecule has 1 aliphatic rings. The fraction of sp³-hybridized carbons (Fsp3) is 0.867. The van der Waals surface area contributed by atoms with Crippen LogP contribution in [0.2, 0.25) is 0 Å². The van der Waals surface area contributed by atoms with E-state index < -0.39 is 30.4 Å². The van der Waals surface area contributed by atoms with Gasteiger partial charge in [0.05, 0.1) is 13.2 Å². The monoisotopic (exact) mass is 302 g/mol. The maximum absolute atomic E-state index is 11.9. The predicted molar refractivity (Wildman–Crippen MR) is 75.6 cm³/mol. The van der Waals surface area contributed by atoms with Gasteiger partial charge in [-0.05, 0) is 26.7 Å². The van der Waals surface area contributed by atoms with E-state index in [1.807, 2.05) is 0 Å². The molecule has 0 bridgehead atoms. The third kappa shape index (κ3) is 5.63. The highest BCUT2D eigenvalue weighted by atomic mass is 16.8. The highest BCUT2D eigenvalue weighted by molar-refractivity contribution is 5.86. The Bertz CT molecular complexity index is 304. The summed E-state index contributed by atoms with van der Waals surface area (Å²) < 4.78 is 20.9. The van der Waals surface area contributed by atoms with E-state index >= 15 is 0 Å². The Morgan fingerprint density at radius 3 is 1.81 bits per heavy atom. The molecule has 0 saturated carbocycles. The fourth-order valence-electron chi connectivity index (χ4n) is 2.18. The van der Waals surface area contributed by atoms with Crippen molar-refractivity contribution >= 4 is 11.9 Å². The first-order valence-corrected chi connectivity index (χ1v) is 7.78. The second-order valence-corrected chi connectivity index (χ2v) is 4.90. The second kappa shape index (κ2) is 9.73. The first kappa shape index (κ1) is 17.9. The molecule has 1 heterocycles. The SMILES string of the molecule is CCCCCCC1O[C@H](C(=O)OCC)[C@@H](C(=O)OCC)O1. The lowest BCUT2D eigenvalue weighted by atomic mass is 10.1. The van der Waals surface area contributed by atoms with Gasteiger partial charge in [-0.1, -0.05) is 26.2 Å². The Morgan fingerprint density at radius 2 is 1.38 bits per heavy atom. The summed E-state index contributed by atoms with van der Waals surface area (Å²) in [6.45, 7) is 6.01. The van der Waals surface area contributed by atoms with Crippen molar-refractivity contribution in [2.45, 2.75) is 71.4 Å². The van der Waals surface area contributed by atoms with E-state index in [-0.39, 0.29) is 13.2 Å². The van der Waals surface area contributed by atoms with Gasteiger partial charge < -0.3 is 18.9 Å². The van der Waals surface area contributed by atoms with Gasteiger partial charge in [-0.2, -0.15) is 0 Å². The van der Waals surface area contributed by atoms with Crippen LogP contribution in [0.25, 0.3) is 0 Å². The van der Waals surface area contributed by atoms with Crippen LogP contribution in [0, 0.1) is 0 Å². The second-order valence-electron chi connectivity index (χ2n) is 4.90. The molecule has 0 aromatic carbocycles. The third-order valence-corrected chi connectivity index (χ3v) is 3.20. The number of hydrogen-bond donors (Lipinski definition) is 0. The minimum Gasteiger partial charge on any atom is -0.464 e.